The van der Waals surface area contributed by atoms with E-state index in [0.717, 1.165) is 38.3 Å². The largest absolute Gasteiger partial charge is 0.491 e. The molecule has 1 aliphatic heterocycles. The van der Waals surface area contributed by atoms with E-state index in [1.54, 1.807) is 0 Å². The van der Waals surface area contributed by atoms with Crippen molar-refractivity contribution in [2.45, 2.75) is 31.4 Å². The molecule has 0 amide bonds. The Labute approximate surface area is 120 Å². The van der Waals surface area contributed by atoms with Crippen LogP contribution in [0.2, 0.25) is 0 Å². The third-order valence-corrected chi connectivity index (χ3v) is 4.26. The van der Waals surface area contributed by atoms with Crippen LogP contribution in [-0.2, 0) is 11.2 Å². The van der Waals surface area contributed by atoms with E-state index in [1.165, 1.54) is 17.5 Å². The van der Waals surface area contributed by atoms with Crippen LogP contribution >= 0.6 is 0 Å². The van der Waals surface area contributed by atoms with Gasteiger partial charge in [-0.25, -0.2) is 0 Å². The Morgan fingerprint density at radius 3 is 3.20 bits per heavy atom. The zero-order valence-electron chi connectivity index (χ0n) is 12.2. The van der Waals surface area contributed by atoms with Gasteiger partial charge in [-0.15, -0.1) is 0 Å². The molecule has 1 saturated heterocycles. The topological polar surface area (TPSA) is 47.7 Å². The Bertz CT molecular complexity index is 464. The van der Waals surface area contributed by atoms with E-state index in [1.807, 2.05) is 0 Å². The Kier molecular flexibility index (Phi) is 4.24. The summed E-state index contributed by atoms with van der Waals surface area (Å²) in [6.45, 7) is 3.34. The van der Waals surface area contributed by atoms with Gasteiger partial charge in [-0.05, 0) is 49.6 Å². The second-order valence-electron chi connectivity index (χ2n) is 5.93. The maximum absolute atomic E-state index is 6.19. The molecular weight excluding hydrogens is 252 g/mol. The Balaban J connectivity index is 1.61. The van der Waals surface area contributed by atoms with Crippen LogP contribution in [-0.4, -0.2) is 44.4 Å². The fourth-order valence-corrected chi connectivity index (χ4v) is 3.06. The number of rotatable bonds is 3. The highest BCUT2D eigenvalue weighted by atomic mass is 16.5. The fourth-order valence-electron chi connectivity index (χ4n) is 3.06. The number of aryl methyl sites for hydroxylation is 1. The Morgan fingerprint density at radius 1 is 1.45 bits per heavy atom. The minimum absolute atomic E-state index is 0.165. The lowest BCUT2D eigenvalue weighted by molar-refractivity contribution is -0.0403. The van der Waals surface area contributed by atoms with Gasteiger partial charge in [0.05, 0.1) is 6.61 Å². The van der Waals surface area contributed by atoms with E-state index in [-0.39, 0.29) is 12.1 Å². The van der Waals surface area contributed by atoms with Gasteiger partial charge in [0.15, 0.2) is 0 Å². The van der Waals surface area contributed by atoms with Crippen LogP contribution < -0.4 is 10.5 Å². The molecule has 0 saturated carbocycles. The summed E-state index contributed by atoms with van der Waals surface area (Å²) >= 11 is 0. The average Bonchev–Trinajstić information content (AvgIpc) is 2.46. The minimum Gasteiger partial charge on any atom is -0.491 e. The van der Waals surface area contributed by atoms with E-state index in [2.05, 4.69) is 30.1 Å². The number of hydrogen-bond acceptors (Lipinski definition) is 4. The monoisotopic (exact) mass is 276 g/mol. The first-order chi connectivity index (χ1) is 9.72. The number of benzene rings is 1. The maximum atomic E-state index is 6.19. The maximum Gasteiger partial charge on any atom is 0.119 e. The quantitative estimate of drug-likeness (QED) is 0.913. The molecule has 2 unspecified atom stereocenters. The lowest BCUT2D eigenvalue weighted by Crippen LogP contribution is -2.42. The van der Waals surface area contributed by atoms with Crippen LogP contribution in [0.4, 0.5) is 0 Å². The smallest absolute Gasteiger partial charge is 0.119 e. The van der Waals surface area contributed by atoms with E-state index in [0.29, 0.717) is 6.61 Å². The van der Waals surface area contributed by atoms with Crippen molar-refractivity contribution >= 4 is 0 Å². The van der Waals surface area contributed by atoms with Crippen molar-refractivity contribution < 1.29 is 9.47 Å². The van der Waals surface area contributed by atoms with Crippen LogP contribution in [0.15, 0.2) is 18.2 Å². The molecule has 3 rings (SSSR count). The second-order valence-corrected chi connectivity index (χ2v) is 5.93. The van der Waals surface area contributed by atoms with Crippen LogP contribution in [0.3, 0.4) is 0 Å². The number of nitrogens with zero attached hydrogens (tertiary/aromatic N) is 1. The van der Waals surface area contributed by atoms with Gasteiger partial charge < -0.3 is 20.1 Å². The average molecular weight is 276 g/mol. The van der Waals surface area contributed by atoms with Crippen molar-refractivity contribution in [1.29, 1.82) is 0 Å². The van der Waals surface area contributed by atoms with Gasteiger partial charge in [-0.3, -0.25) is 0 Å². The van der Waals surface area contributed by atoms with E-state index < -0.39 is 0 Å². The highest BCUT2D eigenvalue weighted by molar-refractivity contribution is 5.39. The van der Waals surface area contributed by atoms with Crippen molar-refractivity contribution in [3.63, 3.8) is 0 Å². The van der Waals surface area contributed by atoms with Crippen molar-refractivity contribution in [2.75, 3.05) is 33.4 Å². The second kappa shape index (κ2) is 6.12. The van der Waals surface area contributed by atoms with Crippen molar-refractivity contribution in [3.8, 4) is 5.75 Å². The summed E-state index contributed by atoms with van der Waals surface area (Å²) in [5.74, 6) is 0.915. The fraction of sp³-hybridized carbons (Fsp3) is 0.625. The molecule has 4 heteroatoms. The zero-order chi connectivity index (χ0) is 13.9. The highest BCUT2D eigenvalue weighted by Crippen LogP contribution is 2.30. The lowest BCUT2D eigenvalue weighted by atomic mass is 9.88. The number of nitrogens with two attached hydrogens (primary N) is 1. The molecule has 1 heterocycles. The van der Waals surface area contributed by atoms with Gasteiger partial charge >= 0.3 is 0 Å². The van der Waals surface area contributed by atoms with Crippen molar-refractivity contribution in [3.05, 3.63) is 29.3 Å². The van der Waals surface area contributed by atoms with E-state index >= 15 is 0 Å². The number of fused-ring (bicyclic) bond motifs is 1. The van der Waals surface area contributed by atoms with Gasteiger partial charge in [-0.2, -0.15) is 0 Å². The predicted octanol–water partition coefficient (Wildman–Crippen LogP) is 1.73. The molecule has 4 nitrogen and oxygen atoms in total. The third kappa shape index (κ3) is 3.14. The first-order valence-corrected chi connectivity index (χ1v) is 7.54. The van der Waals surface area contributed by atoms with Crippen LogP contribution in [0.1, 0.15) is 30.0 Å². The van der Waals surface area contributed by atoms with Gasteiger partial charge in [0.2, 0.25) is 0 Å². The van der Waals surface area contributed by atoms with Crippen LogP contribution in [0.25, 0.3) is 0 Å². The predicted molar refractivity (Wildman–Crippen MR) is 79.0 cm³/mol. The molecule has 20 heavy (non-hydrogen) atoms. The first-order valence-electron chi connectivity index (χ1n) is 7.54. The number of ether oxygens (including phenoxy) is 2. The zero-order valence-corrected chi connectivity index (χ0v) is 12.2. The molecular formula is C16H24N2O2. The summed E-state index contributed by atoms with van der Waals surface area (Å²) in [5, 5.41) is 0. The van der Waals surface area contributed by atoms with Gasteiger partial charge in [0.25, 0.3) is 0 Å². The number of likely N-dealkylation sites (N-methyl/N-ethyl adjacent to an activating group) is 1. The Hall–Kier alpha value is -1.10. The van der Waals surface area contributed by atoms with Crippen molar-refractivity contribution in [1.82, 2.24) is 4.90 Å². The summed E-state index contributed by atoms with van der Waals surface area (Å²) in [7, 11) is 2.12. The molecule has 1 aliphatic carbocycles. The molecule has 1 aromatic carbocycles. The van der Waals surface area contributed by atoms with E-state index in [9.17, 15) is 0 Å². The minimum atomic E-state index is 0.165. The van der Waals surface area contributed by atoms with Gasteiger partial charge in [0, 0.05) is 19.1 Å². The van der Waals surface area contributed by atoms with Gasteiger partial charge in [-0.1, -0.05) is 6.07 Å². The van der Waals surface area contributed by atoms with Gasteiger partial charge in [0.1, 0.15) is 18.5 Å². The molecule has 1 aromatic rings. The van der Waals surface area contributed by atoms with Crippen LogP contribution in [0, 0.1) is 0 Å². The molecule has 0 aromatic heterocycles. The summed E-state index contributed by atoms with van der Waals surface area (Å²) in [6, 6.07) is 6.51. The van der Waals surface area contributed by atoms with Crippen molar-refractivity contribution in [2.24, 2.45) is 5.73 Å². The normalized spacial score (nSPS) is 27.1. The molecule has 0 spiro atoms. The number of hydrogen-bond donors (Lipinski definition) is 1. The molecule has 2 atom stereocenters. The number of morpholine rings is 1. The lowest BCUT2D eigenvalue weighted by Gasteiger charge is -2.30. The molecule has 1 fully saturated rings. The summed E-state index contributed by atoms with van der Waals surface area (Å²) in [6.07, 6.45) is 3.57. The highest BCUT2D eigenvalue weighted by Gasteiger charge is 2.20. The summed E-state index contributed by atoms with van der Waals surface area (Å²) in [5.41, 5.74) is 8.82. The Morgan fingerprint density at radius 2 is 2.35 bits per heavy atom. The molecule has 0 radical (unpaired) electrons. The molecule has 0 bridgehead atoms. The van der Waals surface area contributed by atoms with E-state index in [4.69, 9.17) is 15.2 Å². The SMILES string of the molecule is CN1CCOC(COc2ccc3c(c2)C(N)CCC3)C1. The summed E-state index contributed by atoms with van der Waals surface area (Å²) < 4.78 is 11.6. The standard InChI is InChI=1S/C16H24N2O2/c1-18-7-8-19-14(10-18)11-20-13-6-5-12-3-2-4-16(17)15(12)9-13/h5-6,9,14,16H,2-4,7-8,10-11,17H2,1H3. The molecule has 110 valence electrons. The van der Waals surface area contributed by atoms with Crippen LogP contribution in [0.5, 0.6) is 5.75 Å². The molecule has 2 N–H and O–H groups in total. The molecule has 2 aliphatic rings. The third-order valence-electron chi connectivity index (χ3n) is 4.26. The first kappa shape index (κ1) is 13.9. The summed E-state index contributed by atoms with van der Waals surface area (Å²) in [4.78, 5) is 2.28.